The van der Waals surface area contributed by atoms with Gasteiger partial charge >= 0.3 is 0 Å². The molecule has 23 heavy (non-hydrogen) atoms. The summed E-state index contributed by atoms with van der Waals surface area (Å²) in [6, 6.07) is 5.81. The summed E-state index contributed by atoms with van der Waals surface area (Å²) in [5, 5.41) is 0.710. The van der Waals surface area contributed by atoms with Gasteiger partial charge in [0.05, 0.1) is 10.9 Å². The zero-order chi connectivity index (χ0) is 16.6. The maximum Gasteiger partial charge on any atom is 0.261 e. The highest BCUT2D eigenvalue weighted by atomic mass is 28.3. The van der Waals surface area contributed by atoms with Gasteiger partial charge < -0.3 is 0 Å². The van der Waals surface area contributed by atoms with E-state index in [1.54, 1.807) is 0 Å². The third-order valence-electron chi connectivity index (χ3n) is 4.32. The van der Waals surface area contributed by atoms with E-state index in [1.807, 2.05) is 22.8 Å². The molecule has 0 aliphatic carbocycles. The molecule has 1 aromatic carbocycles. The van der Waals surface area contributed by atoms with Crippen LogP contribution in [0, 0.1) is 17.4 Å². The summed E-state index contributed by atoms with van der Waals surface area (Å²) in [6.07, 6.45) is 3.05. The molecule has 0 amide bonds. The molecule has 3 rings (SSSR count). The lowest BCUT2D eigenvalue weighted by atomic mass is 10.0. The van der Waals surface area contributed by atoms with Crippen molar-refractivity contribution in [1.82, 2.24) is 9.55 Å². The number of fused-ring (bicyclic) bond motifs is 2. The van der Waals surface area contributed by atoms with Crippen LogP contribution in [0.15, 0.2) is 23.0 Å². The number of hydrogen-bond donors (Lipinski definition) is 0. The number of aryl methyl sites for hydroxylation is 1. The molecule has 0 bridgehead atoms. The fraction of sp³-hybridized carbons (Fsp3) is 0.474. The first kappa shape index (κ1) is 16.0. The van der Waals surface area contributed by atoms with Crippen LogP contribution in [0.25, 0.3) is 10.9 Å². The standard InChI is InChI=1S/C19H24N2OSi/c1-14-5-8-18-20-17-13-15(10-12-23(2,3)4)6-7-16(17)19(22)21(18)11-9-14/h6-7,13-14H,5,8-9,11H2,1-4H3. The van der Waals surface area contributed by atoms with Crippen LogP contribution in [0.2, 0.25) is 19.6 Å². The zero-order valence-electron chi connectivity index (χ0n) is 14.4. The number of rotatable bonds is 0. The third-order valence-corrected chi connectivity index (χ3v) is 5.20. The molecule has 3 nitrogen and oxygen atoms in total. The Kier molecular flexibility index (Phi) is 4.16. The maximum absolute atomic E-state index is 12.8. The van der Waals surface area contributed by atoms with E-state index in [-0.39, 0.29) is 5.56 Å². The molecule has 1 aromatic heterocycles. The molecule has 0 saturated carbocycles. The first-order valence-corrected chi connectivity index (χ1v) is 11.9. The van der Waals surface area contributed by atoms with E-state index in [2.05, 4.69) is 38.0 Å². The minimum absolute atomic E-state index is 0.101. The van der Waals surface area contributed by atoms with Gasteiger partial charge in [-0.1, -0.05) is 32.5 Å². The van der Waals surface area contributed by atoms with E-state index >= 15 is 0 Å². The van der Waals surface area contributed by atoms with Crippen LogP contribution in [-0.2, 0) is 13.0 Å². The summed E-state index contributed by atoms with van der Waals surface area (Å²) in [6.45, 7) is 9.72. The zero-order valence-corrected chi connectivity index (χ0v) is 15.4. The molecule has 1 aliphatic heterocycles. The molecular weight excluding hydrogens is 300 g/mol. The fourth-order valence-corrected chi connectivity index (χ4v) is 3.41. The number of nitrogens with zero attached hydrogens (tertiary/aromatic N) is 2. The second-order valence-corrected chi connectivity index (χ2v) is 12.4. The molecule has 120 valence electrons. The number of benzene rings is 1. The molecule has 2 aromatic rings. The molecule has 0 fully saturated rings. The summed E-state index contributed by atoms with van der Waals surface area (Å²) >= 11 is 0. The van der Waals surface area contributed by atoms with Gasteiger partial charge in [-0.2, -0.15) is 0 Å². The van der Waals surface area contributed by atoms with Crippen LogP contribution in [-0.4, -0.2) is 17.6 Å². The molecule has 1 atom stereocenters. The van der Waals surface area contributed by atoms with E-state index < -0.39 is 8.07 Å². The van der Waals surface area contributed by atoms with Gasteiger partial charge in [-0.3, -0.25) is 9.36 Å². The Labute approximate surface area is 138 Å². The van der Waals surface area contributed by atoms with E-state index in [4.69, 9.17) is 4.98 Å². The molecule has 1 unspecified atom stereocenters. The summed E-state index contributed by atoms with van der Waals surface area (Å²) in [7, 11) is -1.40. The Morgan fingerprint density at radius 3 is 2.78 bits per heavy atom. The van der Waals surface area contributed by atoms with E-state index in [0.29, 0.717) is 11.3 Å². The van der Waals surface area contributed by atoms with Crippen molar-refractivity contribution in [2.24, 2.45) is 5.92 Å². The van der Waals surface area contributed by atoms with Gasteiger partial charge in [0.15, 0.2) is 0 Å². The predicted molar refractivity (Wildman–Crippen MR) is 98.3 cm³/mol. The normalized spacial score (nSPS) is 18.0. The van der Waals surface area contributed by atoms with E-state index in [0.717, 1.165) is 42.7 Å². The second-order valence-electron chi connectivity index (χ2n) is 7.65. The highest BCUT2D eigenvalue weighted by Gasteiger charge is 2.17. The van der Waals surface area contributed by atoms with Crippen molar-refractivity contribution in [2.45, 2.75) is 52.4 Å². The lowest BCUT2D eigenvalue weighted by molar-refractivity contribution is 0.484. The van der Waals surface area contributed by atoms with Crippen LogP contribution in [0.3, 0.4) is 0 Å². The topological polar surface area (TPSA) is 34.9 Å². The quantitative estimate of drug-likeness (QED) is 0.548. The Morgan fingerprint density at radius 1 is 1.26 bits per heavy atom. The summed E-state index contributed by atoms with van der Waals surface area (Å²) < 4.78 is 1.87. The fourth-order valence-electron chi connectivity index (χ4n) is 2.90. The molecule has 0 saturated heterocycles. The Morgan fingerprint density at radius 2 is 2.04 bits per heavy atom. The van der Waals surface area contributed by atoms with Gasteiger partial charge in [-0.25, -0.2) is 4.98 Å². The lowest BCUT2D eigenvalue weighted by Crippen LogP contribution is -2.24. The molecule has 0 radical (unpaired) electrons. The summed E-state index contributed by atoms with van der Waals surface area (Å²) in [5.74, 6) is 4.84. The molecule has 0 spiro atoms. The van der Waals surface area contributed by atoms with Crippen LogP contribution in [0.1, 0.15) is 31.2 Å². The van der Waals surface area contributed by atoms with Crippen molar-refractivity contribution in [2.75, 3.05) is 0 Å². The predicted octanol–water partition coefficient (Wildman–Crippen LogP) is 3.60. The van der Waals surface area contributed by atoms with Gasteiger partial charge in [0, 0.05) is 18.5 Å². The minimum atomic E-state index is -1.40. The Bertz CT molecular complexity index is 865. The van der Waals surface area contributed by atoms with Gasteiger partial charge in [0.25, 0.3) is 5.56 Å². The highest BCUT2D eigenvalue weighted by molar-refractivity contribution is 6.83. The average Bonchev–Trinajstić information content (AvgIpc) is 2.67. The van der Waals surface area contributed by atoms with Crippen molar-refractivity contribution in [3.05, 3.63) is 39.9 Å². The van der Waals surface area contributed by atoms with Gasteiger partial charge in [0.1, 0.15) is 13.9 Å². The Balaban J connectivity index is 2.10. The van der Waals surface area contributed by atoms with E-state index in [1.165, 1.54) is 0 Å². The summed E-state index contributed by atoms with van der Waals surface area (Å²) in [5.41, 5.74) is 5.22. The third kappa shape index (κ3) is 3.56. The second kappa shape index (κ2) is 5.97. The maximum atomic E-state index is 12.8. The largest absolute Gasteiger partial charge is 0.296 e. The number of hydrogen-bond acceptors (Lipinski definition) is 2. The molecule has 2 heterocycles. The molecule has 4 heteroatoms. The van der Waals surface area contributed by atoms with Crippen molar-refractivity contribution >= 4 is 19.0 Å². The van der Waals surface area contributed by atoms with E-state index in [9.17, 15) is 4.79 Å². The first-order chi connectivity index (χ1) is 10.8. The van der Waals surface area contributed by atoms with Crippen molar-refractivity contribution < 1.29 is 0 Å². The Hall–Kier alpha value is -1.86. The van der Waals surface area contributed by atoms with Crippen LogP contribution >= 0.6 is 0 Å². The van der Waals surface area contributed by atoms with Crippen molar-refractivity contribution in [3.63, 3.8) is 0 Å². The van der Waals surface area contributed by atoms with Crippen molar-refractivity contribution in [3.8, 4) is 11.5 Å². The average molecular weight is 325 g/mol. The van der Waals surface area contributed by atoms with Crippen molar-refractivity contribution in [1.29, 1.82) is 0 Å². The molecule has 0 N–H and O–H groups in total. The number of aromatic nitrogens is 2. The van der Waals surface area contributed by atoms with Crippen LogP contribution < -0.4 is 5.56 Å². The summed E-state index contributed by atoms with van der Waals surface area (Å²) in [4.78, 5) is 17.5. The highest BCUT2D eigenvalue weighted by Crippen LogP contribution is 2.19. The lowest BCUT2D eigenvalue weighted by Gasteiger charge is -2.10. The van der Waals surface area contributed by atoms with Gasteiger partial charge in [-0.15, -0.1) is 5.54 Å². The molecule has 1 aliphatic rings. The first-order valence-electron chi connectivity index (χ1n) is 8.40. The van der Waals surface area contributed by atoms with Gasteiger partial charge in [-0.05, 0) is 37.0 Å². The van der Waals surface area contributed by atoms with Crippen LogP contribution in [0.4, 0.5) is 0 Å². The molecular formula is C19H24N2OSi. The monoisotopic (exact) mass is 324 g/mol. The smallest absolute Gasteiger partial charge is 0.261 e. The minimum Gasteiger partial charge on any atom is -0.296 e. The van der Waals surface area contributed by atoms with Crippen LogP contribution in [0.5, 0.6) is 0 Å². The SMILES string of the molecule is CC1CCc2nc3cc(C#C[Si](C)(C)C)ccc3c(=O)n2CC1. The van der Waals surface area contributed by atoms with Gasteiger partial charge in [0.2, 0.25) is 0 Å².